The van der Waals surface area contributed by atoms with Gasteiger partial charge in [0.2, 0.25) is 5.91 Å². The SMILES string of the molecule is CC(C)NCC(C(=O)N1CCN(C2=NCNC3=C2[C@H](C)C[C@H]3O)CC1)c1ccc(C(F)(F)F)cc1F. The topological polar surface area (TPSA) is 80.2 Å². The van der Waals surface area contributed by atoms with Crippen molar-refractivity contribution in [1.82, 2.24) is 20.4 Å². The Morgan fingerprint density at radius 2 is 1.94 bits per heavy atom. The molecule has 0 saturated carbocycles. The minimum absolute atomic E-state index is 0.0128. The highest BCUT2D eigenvalue weighted by molar-refractivity contribution is 6.00. The minimum Gasteiger partial charge on any atom is -0.387 e. The van der Waals surface area contributed by atoms with Gasteiger partial charge in [-0.2, -0.15) is 13.2 Å². The molecule has 7 nitrogen and oxygen atoms in total. The van der Waals surface area contributed by atoms with E-state index in [1.165, 1.54) is 0 Å². The molecule has 36 heavy (non-hydrogen) atoms. The number of benzene rings is 1. The number of hydrogen-bond acceptors (Lipinski definition) is 6. The molecule has 11 heteroatoms. The Balaban J connectivity index is 1.49. The fourth-order valence-corrected chi connectivity index (χ4v) is 5.15. The molecule has 0 bridgehead atoms. The van der Waals surface area contributed by atoms with Crippen LogP contribution in [0.3, 0.4) is 0 Å². The largest absolute Gasteiger partial charge is 0.416 e. The summed E-state index contributed by atoms with van der Waals surface area (Å²) in [7, 11) is 0. The molecule has 0 radical (unpaired) electrons. The Morgan fingerprint density at radius 3 is 2.56 bits per heavy atom. The Morgan fingerprint density at radius 1 is 1.25 bits per heavy atom. The summed E-state index contributed by atoms with van der Waals surface area (Å²) < 4.78 is 53.9. The predicted molar refractivity (Wildman–Crippen MR) is 128 cm³/mol. The number of piperazine rings is 1. The number of aliphatic hydroxyl groups excluding tert-OH is 1. The minimum atomic E-state index is -4.66. The second-order valence-corrected chi connectivity index (χ2v) is 9.96. The number of amides is 1. The van der Waals surface area contributed by atoms with Gasteiger partial charge in [-0.25, -0.2) is 9.38 Å². The molecule has 1 fully saturated rings. The van der Waals surface area contributed by atoms with Gasteiger partial charge in [-0.05, 0) is 24.5 Å². The normalized spacial score (nSPS) is 23.5. The van der Waals surface area contributed by atoms with E-state index in [9.17, 15) is 27.5 Å². The summed E-state index contributed by atoms with van der Waals surface area (Å²) in [5, 5.41) is 16.6. The van der Waals surface area contributed by atoms with Gasteiger partial charge in [-0.3, -0.25) is 4.79 Å². The van der Waals surface area contributed by atoms with Crippen molar-refractivity contribution in [1.29, 1.82) is 0 Å². The molecule has 1 saturated heterocycles. The summed E-state index contributed by atoms with van der Waals surface area (Å²) in [6, 6.07) is 2.37. The lowest BCUT2D eigenvalue weighted by molar-refractivity contribution is -0.137. The van der Waals surface area contributed by atoms with Gasteiger partial charge in [0.05, 0.1) is 17.6 Å². The van der Waals surface area contributed by atoms with E-state index < -0.39 is 29.6 Å². The van der Waals surface area contributed by atoms with Crippen molar-refractivity contribution >= 4 is 11.7 Å². The third-order valence-electron chi connectivity index (χ3n) is 7.05. The van der Waals surface area contributed by atoms with Crippen LogP contribution in [0.1, 0.15) is 44.2 Å². The average molecular weight is 512 g/mol. The molecule has 0 spiro atoms. The van der Waals surface area contributed by atoms with Crippen molar-refractivity contribution in [3.05, 3.63) is 46.4 Å². The number of amidine groups is 1. The molecule has 198 valence electrons. The van der Waals surface area contributed by atoms with E-state index in [0.29, 0.717) is 45.3 Å². The molecule has 4 rings (SSSR count). The molecular formula is C25H33F4N5O2. The number of halogens is 4. The van der Waals surface area contributed by atoms with Crippen molar-refractivity contribution in [2.24, 2.45) is 10.9 Å². The summed E-state index contributed by atoms with van der Waals surface area (Å²) in [4.78, 5) is 21.9. The highest BCUT2D eigenvalue weighted by atomic mass is 19.4. The van der Waals surface area contributed by atoms with Crippen molar-refractivity contribution < 1.29 is 27.5 Å². The lowest BCUT2D eigenvalue weighted by Gasteiger charge is -2.39. The first-order chi connectivity index (χ1) is 17.0. The predicted octanol–water partition coefficient (Wildman–Crippen LogP) is 2.68. The second-order valence-electron chi connectivity index (χ2n) is 9.96. The molecule has 1 unspecified atom stereocenters. The van der Waals surface area contributed by atoms with Crippen LogP contribution >= 0.6 is 0 Å². The lowest BCUT2D eigenvalue weighted by Crippen LogP contribution is -2.53. The van der Waals surface area contributed by atoms with Crippen LogP contribution in [0.15, 0.2) is 34.5 Å². The maximum absolute atomic E-state index is 14.8. The number of nitrogens with one attached hydrogen (secondary N) is 2. The van der Waals surface area contributed by atoms with Gasteiger partial charge in [0.1, 0.15) is 18.3 Å². The van der Waals surface area contributed by atoms with E-state index in [4.69, 9.17) is 0 Å². The summed E-state index contributed by atoms with van der Waals surface area (Å²) in [5.41, 5.74) is 0.709. The quantitative estimate of drug-likeness (QED) is 0.530. The molecule has 1 aromatic carbocycles. The molecule has 0 aromatic heterocycles. The van der Waals surface area contributed by atoms with Gasteiger partial charge in [0, 0.05) is 55.6 Å². The summed E-state index contributed by atoms with van der Waals surface area (Å²) in [5.74, 6) is -1.30. The van der Waals surface area contributed by atoms with E-state index in [2.05, 4.69) is 27.4 Å². The molecule has 1 aromatic rings. The van der Waals surface area contributed by atoms with Crippen LogP contribution in [0.2, 0.25) is 0 Å². The Bertz CT molecular complexity index is 1050. The smallest absolute Gasteiger partial charge is 0.387 e. The van der Waals surface area contributed by atoms with E-state index in [1.807, 2.05) is 13.8 Å². The Hall–Kier alpha value is -2.66. The van der Waals surface area contributed by atoms with Crippen molar-refractivity contribution in [3.8, 4) is 0 Å². The number of carbonyl (C=O) groups excluding carboxylic acids is 1. The van der Waals surface area contributed by atoms with Gasteiger partial charge >= 0.3 is 6.18 Å². The van der Waals surface area contributed by atoms with E-state index >= 15 is 0 Å². The zero-order valence-corrected chi connectivity index (χ0v) is 20.7. The van der Waals surface area contributed by atoms with E-state index in [1.54, 1.807) is 4.90 Å². The average Bonchev–Trinajstić information content (AvgIpc) is 3.12. The number of rotatable bonds is 5. The monoisotopic (exact) mass is 511 g/mol. The fraction of sp³-hybridized carbons (Fsp3) is 0.600. The van der Waals surface area contributed by atoms with Gasteiger partial charge in [-0.1, -0.05) is 26.8 Å². The zero-order chi connectivity index (χ0) is 26.2. The highest BCUT2D eigenvalue weighted by Gasteiger charge is 2.38. The van der Waals surface area contributed by atoms with Gasteiger partial charge < -0.3 is 25.5 Å². The number of aliphatic imine (C=N–C) groups is 1. The van der Waals surface area contributed by atoms with E-state index in [-0.39, 0.29) is 30.0 Å². The molecule has 2 aliphatic heterocycles. The van der Waals surface area contributed by atoms with Gasteiger partial charge in [0.25, 0.3) is 0 Å². The van der Waals surface area contributed by atoms with Gasteiger partial charge in [-0.15, -0.1) is 0 Å². The van der Waals surface area contributed by atoms with Crippen molar-refractivity contribution in [2.75, 3.05) is 39.4 Å². The van der Waals surface area contributed by atoms with Crippen LogP contribution in [0.5, 0.6) is 0 Å². The van der Waals surface area contributed by atoms with Crippen molar-refractivity contribution in [2.45, 2.75) is 51.4 Å². The number of nitrogens with zero attached hydrogens (tertiary/aromatic N) is 3. The Labute approximate surface area is 208 Å². The molecule has 3 aliphatic rings. The van der Waals surface area contributed by atoms with Crippen LogP contribution in [0.4, 0.5) is 17.6 Å². The Kier molecular flexibility index (Phi) is 7.61. The molecule has 3 N–H and O–H groups in total. The lowest BCUT2D eigenvalue weighted by atomic mass is 9.94. The molecule has 3 atom stereocenters. The third-order valence-corrected chi connectivity index (χ3v) is 7.05. The fourth-order valence-electron chi connectivity index (χ4n) is 5.15. The van der Waals surface area contributed by atoms with Crippen LogP contribution < -0.4 is 10.6 Å². The number of carbonyl (C=O) groups is 1. The van der Waals surface area contributed by atoms with Gasteiger partial charge in [0.15, 0.2) is 0 Å². The maximum atomic E-state index is 14.8. The summed E-state index contributed by atoms with van der Waals surface area (Å²) >= 11 is 0. The standard InChI is InChI=1S/C25H33F4N5O2/c1-14(2)30-12-18(17-5-4-16(11-19(17)26)25(27,28)29)24(36)34-8-6-33(7-9-34)23-21-15(3)10-20(35)22(21)31-13-32-23/h4-5,11,14-15,18,20,30-31,35H,6-10,12-13H2,1-3H3/t15-,18?,20-/m1/s1. The highest BCUT2D eigenvalue weighted by Crippen LogP contribution is 2.35. The number of hydrogen-bond donors (Lipinski definition) is 3. The number of alkyl halides is 3. The molecule has 1 amide bonds. The molecular weight excluding hydrogens is 478 g/mol. The van der Waals surface area contributed by atoms with E-state index in [0.717, 1.165) is 29.2 Å². The second kappa shape index (κ2) is 10.4. The zero-order valence-electron chi connectivity index (χ0n) is 20.7. The first-order valence-corrected chi connectivity index (χ1v) is 12.3. The first kappa shape index (κ1) is 26.4. The maximum Gasteiger partial charge on any atom is 0.416 e. The third kappa shape index (κ3) is 5.36. The number of aliphatic hydroxyl groups is 1. The summed E-state index contributed by atoms with van der Waals surface area (Å²) in [6.07, 6.45) is -4.56. The summed E-state index contributed by atoms with van der Waals surface area (Å²) in [6.45, 7) is 8.11. The molecule has 1 aliphatic carbocycles. The van der Waals surface area contributed by atoms with Crippen LogP contribution in [0, 0.1) is 11.7 Å². The van der Waals surface area contributed by atoms with Crippen LogP contribution in [0.25, 0.3) is 0 Å². The molecule has 2 heterocycles. The van der Waals surface area contributed by atoms with Crippen LogP contribution in [-0.2, 0) is 11.0 Å². The van der Waals surface area contributed by atoms with Crippen molar-refractivity contribution in [3.63, 3.8) is 0 Å². The first-order valence-electron chi connectivity index (χ1n) is 12.3. The van der Waals surface area contributed by atoms with Crippen LogP contribution in [-0.4, -0.2) is 78.2 Å².